The third kappa shape index (κ3) is 6.07. The summed E-state index contributed by atoms with van der Waals surface area (Å²) in [5.41, 5.74) is 0.378. The zero-order chi connectivity index (χ0) is 22.5. The number of benzene rings is 1. The normalized spacial score (nSPS) is 23.1. The van der Waals surface area contributed by atoms with E-state index in [1.165, 1.54) is 6.07 Å². The van der Waals surface area contributed by atoms with E-state index in [-0.39, 0.29) is 49.2 Å². The molecule has 3 aliphatic rings. The molecule has 35 heavy (non-hydrogen) atoms. The van der Waals surface area contributed by atoms with Crippen LogP contribution in [0.15, 0.2) is 18.2 Å². The van der Waals surface area contributed by atoms with Gasteiger partial charge in [-0.05, 0) is 24.6 Å². The SMILES string of the molecule is Cl.Cl.Cl.Cn1c(N2CCN([C@@H]3CN[C@H](C(=O)N4CCSC4)C3)CC2)nc2cc(C(F)(F)F)ccc21. The molecule has 0 saturated carbocycles. The predicted octanol–water partition coefficient (Wildman–Crippen LogP) is 3.24. The number of amides is 1. The minimum atomic E-state index is -4.38. The summed E-state index contributed by atoms with van der Waals surface area (Å²) in [6, 6.07) is 3.95. The first-order chi connectivity index (χ1) is 15.3. The van der Waals surface area contributed by atoms with Gasteiger partial charge in [0, 0.05) is 58.1 Å². The van der Waals surface area contributed by atoms with Crippen LogP contribution in [0.5, 0.6) is 0 Å². The van der Waals surface area contributed by atoms with Crippen LogP contribution in [0.3, 0.4) is 0 Å². The van der Waals surface area contributed by atoms with Crippen molar-refractivity contribution in [1.82, 2.24) is 24.7 Å². The van der Waals surface area contributed by atoms with Gasteiger partial charge in [0.1, 0.15) is 0 Å². The molecule has 7 nitrogen and oxygen atoms in total. The number of piperazine rings is 1. The topological polar surface area (TPSA) is 56.6 Å². The van der Waals surface area contributed by atoms with Crippen LogP contribution < -0.4 is 10.2 Å². The Labute approximate surface area is 225 Å². The number of aryl methyl sites for hydroxylation is 1. The van der Waals surface area contributed by atoms with Crippen molar-refractivity contribution in [3.63, 3.8) is 0 Å². The predicted molar refractivity (Wildman–Crippen MR) is 140 cm³/mol. The lowest BCUT2D eigenvalue weighted by atomic mass is 10.1. The second-order valence-corrected chi connectivity index (χ2v) is 9.76. The van der Waals surface area contributed by atoms with Crippen molar-refractivity contribution >= 4 is 71.9 Å². The molecule has 3 aliphatic heterocycles. The number of carbonyl (C=O) groups is 1. The molecule has 0 unspecified atom stereocenters. The van der Waals surface area contributed by atoms with E-state index in [1.54, 1.807) is 11.8 Å². The maximum atomic E-state index is 13.1. The molecule has 3 fully saturated rings. The Morgan fingerprint density at radius 2 is 1.83 bits per heavy atom. The van der Waals surface area contributed by atoms with E-state index in [0.29, 0.717) is 23.0 Å². The smallest absolute Gasteiger partial charge is 0.340 e. The minimum Gasteiger partial charge on any atom is -0.340 e. The van der Waals surface area contributed by atoms with E-state index in [4.69, 9.17) is 0 Å². The monoisotopic (exact) mass is 576 g/mol. The van der Waals surface area contributed by atoms with E-state index in [9.17, 15) is 18.0 Å². The van der Waals surface area contributed by atoms with Gasteiger partial charge in [-0.2, -0.15) is 13.2 Å². The first kappa shape index (κ1) is 30.1. The van der Waals surface area contributed by atoms with Crippen molar-refractivity contribution in [2.75, 3.05) is 55.8 Å². The van der Waals surface area contributed by atoms with E-state index < -0.39 is 11.7 Å². The molecule has 0 spiro atoms. The molecule has 1 aromatic carbocycles. The van der Waals surface area contributed by atoms with Gasteiger partial charge in [-0.25, -0.2) is 4.98 Å². The highest BCUT2D eigenvalue weighted by atomic mass is 35.5. The number of hydrogen-bond donors (Lipinski definition) is 1. The Bertz CT molecular complexity index is 1010. The fourth-order valence-corrected chi connectivity index (χ4v) is 5.88. The summed E-state index contributed by atoms with van der Waals surface area (Å²) in [4.78, 5) is 23.7. The lowest BCUT2D eigenvalue weighted by molar-refractivity contribution is -0.137. The molecule has 198 valence electrons. The second-order valence-electron chi connectivity index (χ2n) is 8.68. The molecule has 3 saturated heterocycles. The number of carbonyl (C=O) groups excluding carboxylic acids is 1. The second kappa shape index (κ2) is 12.0. The van der Waals surface area contributed by atoms with Crippen molar-refractivity contribution in [2.24, 2.45) is 7.05 Å². The molecule has 2 aromatic rings. The Morgan fingerprint density at radius 1 is 1.11 bits per heavy atom. The Hall–Kier alpha value is -1.11. The van der Waals surface area contributed by atoms with Crippen LogP contribution in [0.4, 0.5) is 19.1 Å². The van der Waals surface area contributed by atoms with Crippen molar-refractivity contribution in [3.8, 4) is 0 Å². The number of rotatable bonds is 3. The van der Waals surface area contributed by atoms with Crippen LogP contribution in [0.25, 0.3) is 11.0 Å². The quantitative estimate of drug-likeness (QED) is 0.605. The molecule has 1 N–H and O–H groups in total. The van der Waals surface area contributed by atoms with E-state index >= 15 is 0 Å². The lowest BCUT2D eigenvalue weighted by Crippen LogP contribution is -2.51. The van der Waals surface area contributed by atoms with Crippen LogP contribution in [0.1, 0.15) is 12.0 Å². The van der Waals surface area contributed by atoms with Crippen molar-refractivity contribution in [3.05, 3.63) is 23.8 Å². The van der Waals surface area contributed by atoms with Gasteiger partial charge in [0.2, 0.25) is 11.9 Å². The average molecular weight is 578 g/mol. The van der Waals surface area contributed by atoms with E-state index in [2.05, 4.69) is 20.1 Å². The summed E-state index contributed by atoms with van der Waals surface area (Å²) < 4.78 is 41.0. The number of halogens is 6. The summed E-state index contributed by atoms with van der Waals surface area (Å²) in [5.74, 6) is 2.73. The van der Waals surface area contributed by atoms with Gasteiger partial charge in [-0.15, -0.1) is 49.0 Å². The molecule has 5 rings (SSSR count). The van der Waals surface area contributed by atoms with Crippen molar-refractivity contribution in [1.29, 1.82) is 0 Å². The Morgan fingerprint density at radius 3 is 2.46 bits per heavy atom. The third-order valence-electron chi connectivity index (χ3n) is 6.77. The number of aromatic nitrogens is 2. The molecule has 0 aliphatic carbocycles. The lowest BCUT2D eigenvalue weighted by Gasteiger charge is -2.38. The molecule has 4 heterocycles. The van der Waals surface area contributed by atoms with Gasteiger partial charge in [0.05, 0.1) is 28.5 Å². The third-order valence-corrected chi connectivity index (χ3v) is 7.73. The molecule has 1 amide bonds. The summed E-state index contributed by atoms with van der Waals surface area (Å²) in [5, 5.41) is 3.40. The zero-order valence-corrected chi connectivity index (χ0v) is 22.4. The molecule has 0 bridgehead atoms. The van der Waals surface area contributed by atoms with Gasteiger partial charge in [-0.1, -0.05) is 0 Å². The molecule has 0 radical (unpaired) electrons. The highest BCUT2D eigenvalue weighted by Gasteiger charge is 2.37. The van der Waals surface area contributed by atoms with Crippen LogP contribution in [-0.2, 0) is 18.0 Å². The first-order valence-corrected chi connectivity index (χ1v) is 12.1. The van der Waals surface area contributed by atoms with E-state index in [1.807, 2.05) is 16.5 Å². The van der Waals surface area contributed by atoms with Crippen molar-refractivity contribution < 1.29 is 18.0 Å². The van der Waals surface area contributed by atoms with Gasteiger partial charge in [0.15, 0.2) is 0 Å². The fraction of sp³-hybridized carbons (Fsp3) is 0.619. The van der Waals surface area contributed by atoms with E-state index in [0.717, 1.165) is 69.5 Å². The maximum Gasteiger partial charge on any atom is 0.416 e. The highest BCUT2D eigenvalue weighted by Crippen LogP contribution is 2.32. The number of nitrogens with one attached hydrogen (secondary N) is 1. The van der Waals surface area contributed by atoms with Crippen LogP contribution in [-0.4, -0.2) is 88.2 Å². The molecular weight excluding hydrogens is 548 g/mol. The Balaban J connectivity index is 0.00000144. The molecular formula is C21H30Cl3F3N6OS. The van der Waals surface area contributed by atoms with Crippen LogP contribution in [0, 0.1) is 0 Å². The van der Waals surface area contributed by atoms with Gasteiger partial charge in [-0.3, -0.25) is 9.69 Å². The highest BCUT2D eigenvalue weighted by molar-refractivity contribution is 7.99. The molecule has 14 heteroatoms. The largest absolute Gasteiger partial charge is 0.416 e. The first-order valence-electron chi connectivity index (χ1n) is 10.9. The molecule has 2 atom stereocenters. The number of hydrogen-bond acceptors (Lipinski definition) is 6. The van der Waals surface area contributed by atoms with Crippen molar-refractivity contribution in [2.45, 2.75) is 24.7 Å². The standard InChI is InChI=1S/C21H27F3N6OS.3ClH/c1-27-18-3-2-14(21(22,23)24)10-16(18)26-20(27)29-6-4-28(5-7-29)15-11-17(25-12-15)19(31)30-8-9-32-13-30;;;/h2-3,10,15,17,25H,4-9,11-13H2,1H3;3*1H/t15-,17-;;;/m0.../s1. The number of anilines is 1. The number of thioether (sulfide) groups is 1. The van der Waals surface area contributed by atoms with Gasteiger partial charge in [0.25, 0.3) is 0 Å². The van der Waals surface area contributed by atoms with Gasteiger partial charge < -0.3 is 19.7 Å². The minimum absolute atomic E-state index is 0. The van der Waals surface area contributed by atoms with Crippen LogP contribution >= 0.6 is 49.0 Å². The summed E-state index contributed by atoms with van der Waals surface area (Å²) >= 11 is 1.80. The fourth-order valence-electron chi connectivity index (χ4n) is 4.92. The summed E-state index contributed by atoms with van der Waals surface area (Å²) in [6.45, 7) is 4.83. The van der Waals surface area contributed by atoms with Crippen LogP contribution in [0.2, 0.25) is 0 Å². The zero-order valence-electron chi connectivity index (χ0n) is 19.2. The summed E-state index contributed by atoms with van der Waals surface area (Å²) in [6.07, 6.45) is -3.55. The number of fused-ring (bicyclic) bond motifs is 1. The Kier molecular flexibility index (Phi) is 10.3. The number of imidazole rings is 1. The number of alkyl halides is 3. The number of nitrogens with zero attached hydrogens (tertiary/aromatic N) is 5. The molecule has 1 aromatic heterocycles. The van der Waals surface area contributed by atoms with Gasteiger partial charge >= 0.3 is 6.18 Å². The average Bonchev–Trinajstić information content (AvgIpc) is 3.53. The summed E-state index contributed by atoms with van der Waals surface area (Å²) in [7, 11) is 1.85. The maximum absolute atomic E-state index is 13.1.